The smallest absolute Gasteiger partial charge is 0.329 e. The Bertz CT molecular complexity index is 366. The monoisotopic (exact) mass is 226 g/mol. The van der Waals surface area contributed by atoms with E-state index in [1.165, 1.54) is 0 Å². The van der Waals surface area contributed by atoms with Crippen molar-refractivity contribution in [3.63, 3.8) is 0 Å². The van der Waals surface area contributed by atoms with E-state index in [1.807, 2.05) is 20.8 Å². The van der Waals surface area contributed by atoms with Crippen LogP contribution in [0, 0.1) is 6.92 Å². The van der Waals surface area contributed by atoms with Crippen LogP contribution in [0.25, 0.3) is 0 Å². The highest BCUT2D eigenvalue weighted by molar-refractivity contribution is 5.72. The van der Waals surface area contributed by atoms with Crippen LogP contribution in [-0.4, -0.2) is 32.8 Å². The number of ether oxygens (including phenoxy) is 1. The number of imidazole rings is 1. The molecule has 90 valence electrons. The van der Waals surface area contributed by atoms with Crippen LogP contribution in [0.15, 0.2) is 12.4 Å². The first-order chi connectivity index (χ1) is 7.31. The largest absolute Gasteiger partial charge is 0.480 e. The average molecular weight is 226 g/mol. The maximum absolute atomic E-state index is 11.1. The summed E-state index contributed by atoms with van der Waals surface area (Å²) in [6.45, 7) is 7.59. The van der Waals surface area contributed by atoms with E-state index in [0.29, 0.717) is 5.82 Å². The predicted octanol–water partition coefficient (Wildman–Crippen LogP) is 1.63. The second kappa shape index (κ2) is 4.65. The van der Waals surface area contributed by atoms with E-state index in [9.17, 15) is 4.79 Å². The maximum Gasteiger partial charge on any atom is 0.329 e. The molecule has 1 heterocycles. The highest BCUT2D eigenvalue weighted by atomic mass is 16.5. The Kier molecular flexibility index (Phi) is 3.70. The number of aliphatic carboxylic acids is 1. The molecule has 0 fully saturated rings. The number of nitrogens with zero attached hydrogens (tertiary/aromatic N) is 2. The summed E-state index contributed by atoms with van der Waals surface area (Å²) < 4.78 is 7.11. The third kappa shape index (κ3) is 3.34. The molecule has 5 nitrogen and oxygen atoms in total. The number of carboxylic acids is 1. The number of hydrogen-bond acceptors (Lipinski definition) is 3. The Morgan fingerprint density at radius 2 is 2.25 bits per heavy atom. The second-order valence-electron chi connectivity index (χ2n) is 4.66. The third-order valence-electron chi connectivity index (χ3n) is 2.16. The van der Waals surface area contributed by atoms with Gasteiger partial charge in [0, 0.05) is 12.4 Å². The van der Waals surface area contributed by atoms with E-state index in [0.717, 1.165) is 0 Å². The zero-order chi connectivity index (χ0) is 12.3. The summed E-state index contributed by atoms with van der Waals surface area (Å²) in [6.07, 6.45) is 3.24. The number of hydrogen-bond donors (Lipinski definition) is 1. The lowest BCUT2D eigenvalue weighted by atomic mass is 10.2. The average Bonchev–Trinajstić information content (AvgIpc) is 2.50. The predicted molar refractivity (Wildman–Crippen MR) is 59.3 cm³/mol. The third-order valence-corrected chi connectivity index (χ3v) is 2.16. The van der Waals surface area contributed by atoms with Gasteiger partial charge in [0.15, 0.2) is 6.04 Å². The summed E-state index contributed by atoms with van der Waals surface area (Å²) in [6, 6.07) is -0.721. The fraction of sp³-hybridized carbons (Fsp3) is 0.636. The van der Waals surface area contributed by atoms with Crippen molar-refractivity contribution < 1.29 is 14.6 Å². The van der Waals surface area contributed by atoms with Crippen molar-refractivity contribution in [2.24, 2.45) is 0 Å². The summed E-state index contributed by atoms with van der Waals surface area (Å²) in [7, 11) is 0. The summed E-state index contributed by atoms with van der Waals surface area (Å²) in [5.74, 6) is -0.241. The minimum atomic E-state index is -0.912. The van der Waals surface area contributed by atoms with Gasteiger partial charge in [-0.25, -0.2) is 9.78 Å². The molecule has 0 radical (unpaired) electrons. The second-order valence-corrected chi connectivity index (χ2v) is 4.66. The highest BCUT2D eigenvalue weighted by Gasteiger charge is 2.23. The van der Waals surface area contributed by atoms with Crippen molar-refractivity contribution in [3.05, 3.63) is 18.2 Å². The molecule has 5 heteroatoms. The van der Waals surface area contributed by atoms with E-state index >= 15 is 0 Å². The number of aromatic nitrogens is 2. The van der Waals surface area contributed by atoms with Gasteiger partial charge in [-0.15, -0.1) is 0 Å². The molecule has 1 aromatic heterocycles. The Morgan fingerprint density at radius 3 is 2.62 bits per heavy atom. The van der Waals surface area contributed by atoms with Gasteiger partial charge < -0.3 is 14.4 Å². The lowest BCUT2D eigenvalue weighted by Crippen LogP contribution is -2.29. The molecule has 0 bridgehead atoms. The van der Waals surface area contributed by atoms with E-state index in [-0.39, 0.29) is 12.2 Å². The Balaban J connectivity index is 2.78. The molecule has 0 spiro atoms. The van der Waals surface area contributed by atoms with Gasteiger partial charge in [0.25, 0.3) is 0 Å². The van der Waals surface area contributed by atoms with Crippen LogP contribution < -0.4 is 0 Å². The molecular formula is C11H18N2O3. The van der Waals surface area contributed by atoms with Crippen LogP contribution in [0.1, 0.15) is 32.6 Å². The maximum atomic E-state index is 11.1. The van der Waals surface area contributed by atoms with Crippen LogP contribution in [-0.2, 0) is 9.53 Å². The van der Waals surface area contributed by atoms with Gasteiger partial charge in [0.1, 0.15) is 5.82 Å². The van der Waals surface area contributed by atoms with Gasteiger partial charge in [-0.1, -0.05) is 0 Å². The molecule has 0 unspecified atom stereocenters. The Morgan fingerprint density at radius 1 is 1.62 bits per heavy atom. The van der Waals surface area contributed by atoms with E-state index < -0.39 is 12.0 Å². The highest BCUT2D eigenvalue weighted by Crippen LogP contribution is 2.15. The molecule has 0 aliphatic rings. The van der Waals surface area contributed by atoms with Crippen molar-refractivity contribution in [1.82, 2.24) is 9.55 Å². The first-order valence-corrected chi connectivity index (χ1v) is 5.17. The molecular weight excluding hydrogens is 208 g/mol. The molecule has 1 aromatic rings. The standard InChI is InChI=1S/C11H18N2O3/c1-8-12-5-6-13(8)9(10(14)15)7-16-11(2,3)4/h5-6,9H,7H2,1-4H3,(H,14,15)/t9-/m0/s1. The van der Waals surface area contributed by atoms with Crippen LogP contribution >= 0.6 is 0 Å². The fourth-order valence-electron chi connectivity index (χ4n) is 1.32. The van der Waals surface area contributed by atoms with Gasteiger partial charge >= 0.3 is 5.97 Å². The van der Waals surface area contributed by atoms with E-state index in [4.69, 9.17) is 9.84 Å². The van der Waals surface area contributed by atoms with Gasteiger partial charge in [-0.05, 0) is 27.7 Å². The summed E-state index contributed by atoms with van der Waals surface area (Å²) in [5, 5.41) is 9.14. The summed E-state index contributed by atoms with van der Waals surface area (Å²) >= 11 is 0. The number of rotatable bonds is 4. The van der Waals surface area contributed by atoms with Crippen molar-refractivity contribution in [1.29, 1.82) is 0 Å². The first-order valence-electron chi connectivity index (χ1n) is 5.17. The molecule has 0 saturated carbocycles. The van der Waals surface area contributed by atoms with Crippen LogP contribution in [0.5, 0.6) is 0 Å². The number of carboxylic acid groups (broad SMARTS) is 1. The Labute approximate surface area is 95.1 Å². The summed E-state index contributed by atoms with van der Waals surface area (Å²) in [5.41, 5.74) is -0.345. The van der Waals surface area contributed by atoms with Crippen molar-refractivity contribution in [3.8, 4) is 0 Å². The Hall–Kier alpha value is -1.36. The van der Waals surface area contributed by atoms with Gasteiger partial charge in [0.05, 0.1) is 12.2 Å². The van der Waals surface area contributed by atoms with Crippen LogP contribution in [0.4, 0.5) is 0 Å². The van der Waals surface area contributed by atoms with E-state index in [2.05, 4.69) is 4.98 Å². The zero-order valence-corrected chi connectivity index (χ0v) is 10.1. The molecule has 0 aliphatic heterocycles. The molecule has 0 amide bonds. The molecule has 0 saturated heterocycles. The zero-order valence-electron chi connectivity index (χ0n) is 10.1. The van der Waals surface area contributed by atoms with Crippen molar-refractivity contribution >= 4 is 5.97 Å². The minimum Gasteiger partial charge on any atom is -0.480 e. The normalized spacial score (nSPS) is 13.8. The fourth-order valence-corrected chi connectivity index (χ4v) is 1.32. The molecule has 16 heavy (non-hydrogen) atoms. The SMILES string of the molecule is Cc1nccn1[C@@H](COC(C)(C)C)C(=O)O. The topological polar surface area (TPSA) is 64.4 Å². The van der Waals surface area contributed by atoms with Gasteiger partial charge in [-0.3, -0.25) is 0 Å². The van der Waals surface area contributed by atoms with Crippen LogP contribution in [0.3, 0.4) is 0 Å². The molecule has 0 aromatic carbocycles. The van der Waals surface area contributed by atoms with Crippen LogP contribution in [0.2, 0.25) is 0 Å². The van der Waals surface area contributed by atoms with Gasteiger partial charge in [0.2, 0.25) is 0 Å². The molecule has 1 N–H and O–H groups in total. The van der Waals surface area contributed by atoms with E-state index in [1.54, 1.807) is 23.9 Å². The van der Waals surface area contributed by atoms with Crippen molar-refractivity contribution in [2.75, 3.05) is 6.61 Å². The quantitative estimate of drug-likeness (QED) is 0.847. The number of aryl methyl sites for hydroxylation is 1. The number of carbonyl (C=O) groups is 1. The van der Waals surface area contributed by atoms with Gasteiger partial charge in [-0.2, -0.15) is 0 Å². The lowest BCUT2D eigenvalue weighted by molar-refractivity contribution is -0.144. The molecule has 1 rings (SSSR count). The van der Waals surface area contributed by atoms with Crippen molar-refractivity contribution in [2.45, 2.75) is 39.3 Å². The molecule has 0 aliphatic carbocycles. The lowest BCUT2D eigenvalue weighted by Gasteiger charge is -2.23. The first kappa shape index (κ1) is 12.7. The molecule has 1 atom stereocenters. The summed E-state index contributed by atoms with van der Waals surface area (Å²) in [4.78, 5) is 15.1. The minimum absolute atomic E-state index is 0.135.